The Balaban J connectivity index is 2.09. The van der Waals surface area contributed by atoms with E-state index in [4.69, 9.17) is 8.83 Å². The molecule has 0 fully saturated rings. The van der Waals surface area contributed by atoms with Crippen molar-refractivity contribution < 1.29 is 8.83 Å². The van der Waals surface area contributed by atoms with Crippen LogP contribution < -0.4 is 5.76 Å². The number of aromatic nitrogens is 1. The van der Waals surface area contributed by atoms with Crippen LogP contribution in [0.4, 0.5) is 0 Å². The standard InChI is InChI=1S/C12H7Br2NO3/c13-10(7-3-4-17-11(7)14)6-1-2-8-9(5-6)18-12(16)15-8/h1-5,10H,(H,15,16). The van der Waals surface area contributed by atoms with Crippen molar-refractivity contribution >= 4 is 43.0 Å². The monoisotopic (exact) mass is 371 g/mol. The molecule has 18 heavy (non-hydrogen) atoms. The van der Waals surface area contributed by atoms with Gasteiger partial charge in [0, 0.05) is 5.56 Å². The smallest absolute Gasteiger partial charge is 0.417 e. The Morgan fingerprint density at radius 3 is 2.83 bits per heavy atom. The molecule has 0 saturated heterocycles. The summed E-state index contributed by atoms with van der Waals surface area (Å²) in [6.07, 6.45) is 1.61. The summed E-state index contributed by atoms with van der Waals surface area (Å²) >= 11 is 6.94. The largest absolute Gasteiger partial charge is 0.457 e. The topological polar surface area (TPSA) is 59.1 Å². The van der Waals surface area contributed by atoms with Gasteiger partial charge >= 0.3 is 5.76 Å². The van der Waals surface area contributed by atoms with Crippen LogP contribution in [0.3, 0.4) is 0 Å². The van der Waals surface area contributed by atoms with Crippen molar-refractivity contribution in [3.8, 4) is 0 Å². The van der Waals surface area contributed by atoms with E-state index in [-0.39, 0.29) is 4.83 Å². The zero-order chi connectivity index (χ0) is 12.7. The number of benzene rings is 1. The Labute approximate surface area is 118 Å². The number of H-pyrrole nitrogens is 1. The van der Waals surface area contributed by atoms with Gasteiger partial charge in [0.15, 0.2) is 10.3 Å². The molecular weight excluding hydrogens is 366 g/mol. The van der Waals surface area contributed by atoms with E-state index in [0.29, 0.717) is 15.8 Å². The van der Waals surface area contributed by atoms with Crippen LogP contribution in [0.5, 0.6) is 0 Å². The number of fused-ring (bicyclic) bond motifs is 1. The molecule has 6 heteroatoms. The molecule has 1 atom stereocenters. The molecule has 0 bridgehead atoms. The lowest BCUT2D eigenvalue weighted by Crippen LogP contribution is -1.92. The fourth-order valence-electron chi connectivity index (χ4n) is 1.78. The van der Waals surface area contributed by atoms with Crippen LogP contribution in [0, 0.1) is 0 Å². The first-order chi connectivity index (χ1) is 8.65. The van der Waals surface area contributed by atoms with Crippen molar-refractivity contribution in [2.45, 2.75) is 4.83 Å². The van der Waals surface area contributed by atoms with Gasteiger partial charge in [-0.05, 0) is 39.7 Å². The fraction of sp³-hybridized carbons (Fsp3) is 0.0833. The normalized spacial score (nSPS) is 13.0. The second-order valence-electron chi connectivity index (χ2n) is 3.78. The molecule has 92 valence electrons. The third-order valence-electron chi connectivity index (χ3n) is 2.66. The Morgan fingerprint density at radius 2 is 2.11 bits per heavy atom. The fourth-order valence-corrected chi connectivity index (χ4v) is 3.21. The molecule has 0 saturated carbocycles. The second-order valence-corrected chi connectivity index (χ2v) is 5.42. The zero-order valence-electron chi connectivity index (χ0n) is 8.94. The van der Waals surface area contributed by atoms with Crippen molar-refractivity contribution in [2.24, 2.45) is 0 Å². The lowest BCUT2D eigenvalue weighted by atomic mass is 10.1. The third kappa shape index (κ3) is 1.95. The molecule has 1 aromatic carbocycles. The molecular formula is C12H7Br2NO3. The van der Waals surface area contributed by atoms with Crippen LogP contribution in [0.1, 0.15) is 16.0 Å². The lowest BCUT2D eigenvalue weighted by molar-refractivity contribution is 0.537. The maximum Gasteiger partial charge on any atom is 0.417 e. The molecule has 0 aliphatic heterocycles. The minimum absolute atomic E-state index is 0.0322. The number of oxazole rings is 1. The summed E-state index contributed by atoms with van der Waals surface area (Å²) in [6.45, 7) is 0. The van der Waals surface area contributed by atoms with Crippen LogP contribution in [-0.2, 0) is 0 Å². The summed E-state index contributed by atoms with van der Waals surface area (Å²) in [5.41, 5.74) is 3.19. The molecule has 1 N–H and O–H groups in total. The number of hydrogen-bond donors (Lipinski definition) is 1. The minimum Gasteiger partial charge on any atom is -0.457 e. The lowest BCUT2D eigenvalue weighted by Gasteiger charge is -2.08. The van der Waals surface area contributed by atoms with Gasteiger partial charge in [-0.25, -0.2) is 4.79 Å². The van der Waals surface area contributed by atoms with Crippen molar-refractivity contribution in [2.75, 3.05) is 0 Å². The highest BCUT2D eigenvalue weighted by Crippen LogP contribution is 2.36. The van der Waals surface area contributed by atoms with Crippen LogP contribution >= 0.6 is 31.9 Å². The quantitative estimate of drug-likeness (QED) is 0.692. The number of halogens is 2. The van der Waals surface area contributed by atoms with E-state index >= 15 is 0 Å². The van der Waals surface area contributed by atoms with Crippen molar-refractivity contribution in [3.63, 3.8) is 0 Å². The third-order valence-corrected chi connectivity index (χ3v) is 4.32. The molecule has 0 aliphatic carbocycles. The van der Waals surface area contributed by atoms with Crippen LogP contribution in [0.25, 0.3) is 11.1 Å². The van der Waals surface area contributed by atoms with Crippen molar-refractivity contribution in [1.29, 1.82) is 0 Å². The van der Waals surface area contributed by atoms with E-state index in [0.717, 1.165) is 11.1 Å². The van der Waals surface area contributed by atoms with E-state index in [1.54, 1.807) is 6.26 Å². The number of hydrogen-bond acceptors (Lipinski definition) is 3. The average molecular weight is 373 g/mol. The van der Waals surface area contributed by atoms with Gasteiger partial charge in [-0.1, -0.05) is 22.0 Å². The predicted octanol–water partition coefficient (Wildman–Crippen LogP) is 3.96. The SMILES string of the molecule is O=c1[nH]c2ccc(C(Br)c3ccoc3Br)cc2o1. The molecule has 0 amide bonds. The van der Waals surface area contributed by atoms with E-state index in [1.165, 1.54) is 0 Å². The first-order valence-electron chi connectivity index (χ1n) is 5.15. The maximum atomic E-state index is 11.1. The maximum absolute atomic E-state index is 11.1. The highest BCUT2D eigenvalue weighted by Gasteiger charge is 2.16. The van der Waals surface area contributed by atoms with E-state index in [9.17, 15) is 4.79 Å². The Bertz CT molecular complexity index is 756. The van der Waals surface area contributed by atoms with Crippen molar-refractivity contribution in [1.82, 2.24) is 4.98 Å². The highest BCUT2D eigenvalue weighted by molar-refractivity contribution is 9.10. The number of furan rings is 1. The molecule has 4 nitrogen and oxygen atoms in total. The summed E-state index contributed by atoms with van der Waals surface area (Å²) < 4.78 is 10.9. The summed E-state index contributed by atoms with van der Waals surface area (Å²) in [5, 5.41) is 0. The molecule has 0 aliphatic rings. The molecule has 0 radical (unpaired) electrons. The van der Waals surface area contributed by atoms with Crippen LogP contribution in [0.15, 0.2) is 48.8 Å². The van der Waals surface area contributed by atoms with Gasteiger partial charge in [-0.15, -0.1) is 0 Å². The zero-order valence-corrected chi connectivity index (χ0v) is 12.1. The molecule has 1 unspecified atom stereocenters. The van der Waals surface area contributed by atoms with Gasteiger partial charge in [0.05, 0.1) is 16.6 Å². The van der Waals surface area contributed by atoms with Gasteiger partial charge < -0.3 is 8.83 Å². The van der Waals surface area contributed by atoms with Gasteiger partial charge in [0.2, 0.25) is 0 Å². The highest BCUT2D eigenvalue weighted by atomic mass is 79.9. The van der Waals surface area contributed by atoms with Gasteiger partial charge in [-0.3, -0.25) is 4.98 Å². The summed E-state index contributed by atoms with van der Waals surface area (Å²) in [7, 11) is 0. The van der Waals surface area contributed by atoms with E-state index < -0.39 is 5.76 Å². The first kappa shape index (κ1) is 11.8. The number of alkyl halides is 1. The Kier molecular flexibility index (Phi) is 2.91. The van der Waals surface area contributed by atoms with Crippen LogP contribution in [0.2, 0.25) is 0 Å². The number of rotatable bonds is 2. The summed E-state index contributed by atoms with van der Waals surface area (Å²) in [6, 6.07) is 7.44. The van der Waals surface area contributed by atoms with Crippen LogP contribution in [-0.4, -0.2) is 4.98 Å². The predicted molar refractivity (Wildman–Crippen MR) is 74.0 cm³/mol. The molecule has 2 aromatic heterocycles. The molecule has 3 aromatic rings. The Morgan fingerprint density at radius 1 is 1.28 bits per heavy atom. The second kappa shape index (κ2) is 4.44. The molecule has 2 heterocycles. The van der Waals surface area contributed by atoms with Gasteiger partial charge in [-0.2, -0.15) is 0 Å². The summed E-state index contributed by atoms with van der Waals surface area (Å²) in [5.74, 6) is -0.447. The Hall–Kier alpha value is -1.27. The molecule has 0 spiro atoms. The van der Waals surface area contributed by atoms with Gasteiger partial charge in [0.1, 0.15) is 0 Å². The number of nitrogens with one attached hydrogen (secondary N) is 1. The summed E-state index contributed by atoms with van der Waals surface area (Å²) in [4.78, 5) is 13.7. The average Bonchev–Trinajstić information content (AvgIpc) is 2.91. The van der Waals surface area contributed by atoms with E-state index in [1.807, 2.05) is 24.3 Å². The number of aromatic amines is 1. The van der Waals surface area contributed by atoms with Crippen molar-refractivity contribution in [3.05, 3.63) is 56.9 Å². The molecule has 3 rings (SSSR count). The van der Waals surface area contributed by atoms with Gasteiger partial charge in [0.25, 0.3) is 0 Å². The van der Waals surface area contributed by atoms with E-state index in [2.05, 4.69) is 36.8 Å². The minimum atomic E-state index is -0.447. The first-order valence-corrected chi connectivity index (χ1v) is 6.86.